The van der Waals surface area contributed by atoms with E-state index in [4.69, 9.17) is 9.15 Å². The highest BCUT2D eigenvalue weighted by Gasteiger charge is 2.27. The molecule has 0 spiro atoms. The van der Waals surface area contributed by atoms with Gasteiger partial charge in [-0.15, -0.1) is 0 Å². The number of ether oxygens (including phenoxy) is 1. The van der Waals surface area contributed by atoms with E-state index in [2.05, 4.69) is 4.98 Å². The number of rotatable bonds is 8. The summed E-state index contributed by atoms with van der Waals surface area (Å²) in [6.45, 7) is 9.65. The number of Topliss-reactive ketones (excluding diaryl/α,β-unsaturated/α-hetero) is 1. The van der Waals surface area contributed by atoms with Crippen LogP contribution >= 0.6 is 0 Å². The van der Waals surface area contributed by atoms with Gasteiger partial charge in [0.05, 0.1) is 19.4 Å². The summed E-state index contributed by atoms with van der Waals surface area (Å²) < 4.78 is 10.2. The van der Waals surface area contributed by atoms with E-state index in [-0.39, 0.29) is 42.2 Å². The Kier molecular flexibility index (Phi) is 6.60. The number of hydrogen-bond acceptors (Lipinski definition) is 5. The van der Waals surface area contributed by atoms with Crippen LogP contribution in [0.1, 0.15) is 63.4 Å². The summed E-state index contributed by atoms with van der Waals surface area (Å²) in [5.74, 6) is -0.697. The standard InChI is InChI=1S/C20H26N2O5/c1-6-26-20(25)18-13(4)17(14(5)21-18)15(23)11-22(10-12(2)3)19(24)16-8-7-9-27-16/h7-9,12,21H,6,10-11H2,1-5H3. The fourth-order valence-electron chi connectivity index (χ4n) is 3.04. The quantitative estimate of drug-likeness (QED) is 0.565. The van der Waals surface area contributed by atoms with Crippen molar-refractivity contribution in [1.29, 1.82) is 0 Å². The van der Waals surface area contributed by atoms with Crippen LogP contribution in [-0.2, 0) is 4.74 Å². The number of nitrogens with zero attached hydrogens (tertiary/aromatic N) is 1. The van der Waals surface area contributed by atoms with E-state index in [0.717, 1.165) is 0 Å². The average molecular weight is 374 g/mol. The molecular weight excluding hydrogens is 348 g/mol. The van der Waals surface area contributed by atoms with E-state index in [1.807, 2.05) is 13.8 Å². The molecule has 27 heavy (non-hydrogen) atoms. The highest BCUT2D eigenvalue weighted by molar-refractivity contribution is 6.05. The minimum Gasteiger partial charge on any atom is -0.461 e. The first-order valence-corrected chi connectivity index (χ1v) is 8.98. The maximum Gasteiger partial charge on any atom is 0.355 e. The van der Waals surface area contributed by atoms with Crippen molar-refractivity contribution in [3.05, 3.63) is 46.7 Å². The van der Waals surface area contributed by atoms with E-state index in [9.17, 15) is 14.4 Å². The summed E-state index contributed by atoms with van der Waals surface area (Å²) in [5, 5.41) is 0. The largest absolute Gasteiger partial charge is 0.461 e. The van der Waals surface area contributed by atoms with Gasteiger partial charge in [-0.25, -0.2) is 4.79 Å². The summed E-state index contributed by atoms with van der Waals surface area (Å²) in [6, 6.07) is 3.21. The molecule has 0 aliphatic rings. The van der Waals surface area contributed by atoms with E-state index in [0.29, 0.717) is 23.4 Å². The van der Waals surface area contributed by atoms with Gasteiger partial charge in [-0.3, -0.25) is 9.59 Å². The summed E-state index contributed by atoms with van der Waals surface area (Å²) >= 11 is 0. The molecule has 0 saturated heterocycles. The van der Waals surface area contributed by atoms with Gasteiger partial charge in [0, 0.05) is 17.8 Å². The lowest BCUT2D eigenvalue weighted by Gasteiger charge is -2.23. The number of aromatic nitrogens is 1. The first-order chi connectivity index (χ1) is 12.8. The molecule has 0 unspecified atom stereocenters. The first-order valence-electron chi connectivity index (χ1n) is 8.98. The van der Waals surface area contributed by atoms with Crippen molar-refractivity contribution in [3.8, 4) is 0 Å². The molecule has 0 bridgehead atoms. The van der Waals surface area contributed by atoms with Crippen molar-refractivity contribution in [3.63, 3.8) is 0 Å². The van der Waals surface area contributed by atoms with Crippen molar-refractivity contribution in [1.82, 2.24) is 9.88 Å². The fourth-order valence-corrected chi connectivity index (χ4v) is 3.04. The lowest BCUT2D eigenvalue weighted by atomic mass is 10.0. The number of hydrogen-bond donors (Lipinski definition) is 1. The average Bonchev–Trinajstić information content (AvgIpc) is 3.21. The normalized spacial score (nSPS) is 10.9. The predicted molar refractivity (Wildman–Crippen MR) is 100 cm³/mol. The molecule has 0 saturated carbocycles. The monoisotopic (exact) mass is 374 g/mol. The molecule has 0 atom stereocenters. The molecule has 0 aromatic carbocycles. The third-order valence-corrected chi connectivity index (χ3v) is 4.14. The molecule has 0 aliphatic heterocycles. The lowest BCUT2D eigenvalue weighted by Crippen LogP contribution is -2.38. The number of carbonyl (C=O) groups excluding carboxylic acids is 3. The lowest BCUT2D eigenvalue weighted by molar-refractivity contribution is 0.0519. The van der Waals surface area contributed by atoms with Crippen LogP contribution in [-0.4, -0.2) is 47.2 Å². The Labute approximate surface area is 158 Å². The molecular formula is C20H26N2O5. The zero-order valence-electron chi connectivity index (χ0n) is 16.4. The van der Waals surface area contributed by atoms with Crippen molar-refractivity contribution in [2.24, 2.45) is 5.92 Å². The fraction of sp³-hybridized carbons (Fsp3) is 0.450. The molecule has 146 valence electrons. The highest BCUT2D eigenvalue weighted by atomic mass is 16.5. The highest BCUT2D eigenvalue weighted by Crippen LogP contribution is 2.20. The molecule has 2 rings (SSSR count). The summed E-state index contributed by atoms with van der Waals surface area (Å²) in [6.07, 6.45) is 1.43. The summed E-state index contributed by atoms with van der Waals surface area (Å²) in [4.78, 5) is 42.1. The number of carbonyl (C=O) groups is 3. The summed E-state index contributed by atoms with van der Waals surface area (Å²) in [5.41, 5.74) is 1.80. The van der Waals surface area contributed by atoms with Gasteiger partial charge < -0.3 is 19.0 Å². The molecule has 7 nitrogen and oxygen atoms in total. The number of esters is 1. The Morgan fingerprint density at radius 3 is 2.52 bits per heavy atom. The van der Waals surface area contributed by atoms with E-state index in [1.165, 1.54) is 11.2 Å². The molecule has 2 aromatic heterocycles. The van der Waals surface area contributed by atoms with Crippen LogP contribution in [0.4, 0.5) is 0 Å². The van der Waals surface area contributed by atoms with Crippen LogP contribution in [0.2, 0.25) is 0 Å². The number of furan rings is 1. The Hall–Kier alpha value is -2.83. The smallest absolute Gasteiger partial charge is 0.355 e. The maximum atomic E-state index is 12.9. The first kappa shape index (κ1) is 20.5. The number of ketones is 1. The molecule has 1 N–H and O–H groups in total. The van der Waals surface area contributed by atoms with Crippen molar-refractivity contribution >= 4 is 17.7 Å². The zero-order valence-corrected chi connectivity index (χ0v) is 16.4. The van der Waals surface area contributed by atoms with E-state index < -0.39 is 5.97 Å². The van der Waals surface area contributed by atoms with Gasteiger partial charge >= 0.3 is 5.97 Å². The van der Waals surface area contributed by atoms with Gasteiger partial charge in [-0.2, -0.15) is 0 Å². The number of amides is 1. The molecule has 1 amide bonds. The minimum absolute atomic E-state index is 0.0977. The Balaban J connectivity index is 2.27. The topological polar surface area (TPSA) is 92.6 Å². The molecule has 2 aromatic rings. The molecule has 7 heteroatoms. The second-order valence-corrected chi connectivity index (χ2v) is 6.83. The number of aryl methyl sites for hydroxylation is 1. The van der Waals surface area contributed by atoms with Crippen molar-refractivity contribution < 1.29 is 23.5 Å². The van der Waals surface area contributed by atoms with Crippen LogP contribution in [0, 0.1) is 19.8 Å². The van der Waals surface area contributed by atoms with Gasteiger partial charge in [0.1, 0.15) is 5.69 Å². The van der Waals surface area contributed by atoms with Crippen LogP contribution < -0.4 is 0 Å². The van der Waals surface area contributed by atoms with Crippen molar-refractivity contribution in [2.45, 2.75) is 34.6 Å². The van der Waals surface area contributed by atoms with Crippen LogP contribution in [0.3, 0.4) is 0 Å². The third kappa shape index (κ3) is 4.67. The Morgan fingerprint density at radius 2 is 1.96 bits per heavy atom. The molecule has 2 heterocycles. The SMILES string of the molecule is CCOC(=O)c1[nH]c(C)c(C(=O)CN(CC(C)C)C(=O)c2ccco2)c1C. The predicted octanol–water partition coefficient (Wildman–Crippen LogP) is 3.38. The number of aromatic amines is 1. The van der Waals surface area contributed by atoms with Crippen LogP contribution in [0.15, 0.2) is 22.8 Å². The Morgan fingerprint density at radius 1 is 1.26 bits per heavy atom. The summed E-state index contributed by atoms with van der Waals surface area (Å²) in [7, 11) is 0. The van der Waals surface area contributed by atoms with E-state index >= 15 is 0 Å². The second kappa shape index (κ2) is 8.70. The van der Waals surface area contributed by atoms with Gasteiger partial charge in [0.15, 0.2) is 11.5 Å². The van der Waals surface area contributed by atoms with Gasteiger partial charge in [-0.1, -0.05) is 13.8 Å². The second-order valence-electron chi connectivity index (χ2n) is 6.83. The van der Waals surface area contributed by atoms with Gasteiger partial charge in [-0.05, 0) is 44.4 Å². The number of H-pyrrole nitrogens is 1. The van der Waals surface area contributed by atoms with Gasteiger partial charge in [0.25, 0.3) is 5.91 Å². The third-order valence-electron chi connectivity index (χ3n) is 4.14. The number of nitrogens with one attached hydrogen (secondary N) is 1. The van der Waals surface area contributed by atoms with Crippen LogP contribution in [0.5, 0.6) is 0 Å². The molecule has 0 aliphatic carbocycles. The zero-order chi connectivity index (χ0) is 20.1. The van der Waals surface area contributed by atoms with Crippen molar-refractivity contribution in [2.75, 3.05) is 19.7 Å². The molecule has 0 radical (unpaired) electrons. The minimum atomic E-state index is -0.497. The maximum absolute atomic E-state index is 12.9. The molecule has 0 fully saturated rings. The van der Waals surface area contributed by atoms with Crippen LogP contribution in [0.25, 0.3) is 0 Å². The Bertz CT molecular complexity index is 818. The van der Waals surface area contributed by atoms with E-state index in [1.54, 1.807) is 32.9 Å². The van der Waals surface area contributed by atoms with Gasteiger partial charge in [0.2, 0.25) is 0 Å².